The van der Waals surface area contributed by atoms with Gasteiger partial charge in [-0.1, -0.05) is 0 Å². The van der Waals surface area contributed by atoms with Gasteiger partial charge in [-0.3, -0.25) is 14.6 Å². The van der Waals surface area contributed by atoms with Crippen molar-refractivity contribution in [3.8, 4) is 0 Å². The summed E-state index contributed by atoms with van der Waals surface area (Å²) < 4.78 is 10.1. The van der Waals surface area contributed by atoms with Gasteiger partial charge >= 0.3 is 6.09 Å². The lowest BCUT2D eigenvalue weighted by molar-refractivity contribution is 0.0570. The molecule has 0 atom stereocenters. The van der Waals surface area contributed by atoms with Crippen molar-refractivity contribution in [2.75, 3.05) is 32.8 Å². The molecule has 9 heteroatoms. The summed E-state index contributed by atoms with van der Waals surface area (Å²) in [4.78, 5) is 44.0. The first-order valence-corrected chi connectivity index (χ1v) is 9.05. The Labute approximate surface area is 162 Å². The van der Waals surface area contributed by atoms with Crippen molar-refractivity contribution in [1.82, 2.24) is 20.1 Å². The number of piperazine rings is 1. The third-order valence-electron chi connectivity index (χ3n) is 4.34. The first-order chi connectivity index (χ1) is 13.6. The molecule has 0 spiro atoms. The molecule has 9 nitrogen and oxygen atoms in total. The van der Waals surface area contributed by atoms with E-state index in [0.29, 0.717) is 49.7 Å². The monoisotopic (exact) mass is 386 g/mol. The summed E-state index contributed by atoms with van der Waals surface area (Å²) in [5, 5.41) is 2.72. The molecule has 1 aliphatic heterocycles. The number of carbonyl (C=O) groups is 3. The molecule has 3 amide bonds. The number of pyridine rings is 1. The zero-order valence-electron chi connectivity index (χ0n) is 15.6. The van der Waals surface area contributed by atoms with Gasteiger partial charge in [-0.05, 0) is 25.1 Å². The van der Waals surface area contributed by atoms with Gasteiger partial charge in [0, 0.05) is 38.6 Å². The summed E-state index contributed by atoms with van der Waals surface area (Å²) in [6.45, 7) is 3.92. The van der Waals surface area contributed by atoms with Gasteiger partial charge in [0.1, 0.15) is 5.76 Å². The van der Waals surface area contributed by atoms with Crippen LogP contribution in [0, 0.1) is 0 Å². The number of aromatic nitrogens is 1. The summed E-state index contributed by atoms with van der Waals surface area (Å²) in [5.41, 5.74) is 0.623. The van der Waals surface area contributed by atoms with E-state index in [1.165, 1.54) is 24.7 Å². The van der Waals surface area contributed by atoms with Crippen LogP contribution >= 0.6 is 0 Å². The molecule has 2 aromatic rings. The van der Waals surface area contributed by atoms with E-state index in [0.717, 1.165) is 0 Å². The second kappa shape index (κ2) is 9.03. The van der Waals surface area contributed by atoms with Crippen molar-refractivity contribution < 1.29 is 23.5 Å². The molecule has 0 aromatic carbocycles. The molecule has 1 aliphatic rings. The third kappa shape index (κ3) is 4.67. The first-order valence-electron chi connectivity index (χ1n) is 9.05. The van der Waals surface area contributed by atoms with Gasteiger partial charge in [0.2, 0.25) is 0 Å². The molecule has 2 aromatic heterocycles. The van der Waals surface area contributed by atoms with E-state index in [1.54, 1.807) is 28.9 Å². The third-order valence-corrected chi connectivity index (χ3v) is 4.34. The SMILES string of the molecule is CCOC(=O)N1CCN(C(=O)c2cncc(C(=O)NCc3ccco3)c2)CC1. The zero-order chi connectivity index (χ0) is 19.9. The predicted molar refractivity (Wildman–Crippen MR) is 98.6 cm³/mol. The van der Waals surface area contributed by atoms with Gasteiger partial charge in [0.15, 0.2) is 0 Å². The molecule has 0 radical (unpaired) electrons. The highest BCUT2D eigenvalue weighted by Gasteiger charge is 2.26. The van der Waals surface area contributed by atoms with Crippen LogP contribution in [0.25, 0.3) is 0 Å². The smallest absolute Gasteiger partial charge is 0.409 e. The highest BCUT2D eigenvalue weighted by Crippen LogP contribution is 2.11. The normalized spacial score (nSPS) is 13.9. The molecule has 3 heterocycles. The van der Waals surface area contributed by atoms with E-state index >= 15 is 0 Å². The van der Waals surface area contributed by atoms with Crippen LogP contribution in [-0.4, -0.2) is 65.5 Å². The summed E-state index contributed by atoms with van der Waals surface area (Å²) in [5.74, 6) is 0.0652. The van der Waals surface area contributed by atoms with Gasteiger partial charge in [-0.2, -0.15) is 0 Å². The number of carbonyl (C=O) groups excluding carboxylic acids is 3. The minimum Gasteiger partial charge on any atom is -0.467 e. The zero-order valence-corrected chi connectivity index (χ0v) is 15.6. The average molecular weight is 386 g/mol. The van der Waals surface area contributed by atoms with Crippen LogP contribution in [0.3, 0.4) is 0 Å². The van der Waals surface area contributed by atoms with Crippen LogP contribution in [0.1, 0.15) is 33.4 Å². The van der Waals surface area contributed by atoms with Crippen LogP contribution in [0.4, 0.5) is 4.79 Å². The Hall–Kier alpha value is -3.36. The molecule has 0 aliphatic carbocycles. The van der Waals surface area contributed by atoms with Gasteiger partial charge < -0.3 is 24.3 Å². The largest absolute Gasteiger partial charge is 0.467 e. The number of hydrogen-bond donors (Lipinski definition) is 1. The van der Waals surface area contributed by atoms with Crippen molar-refractivity contribution in [2.24, 2.45) is 0 Å². The lowest BCUT2D eigenvalue weighted by Crippen LogP contribution is -2.50. The van der Waals surface area contributed by atoms with Crippen molar-refractivity contribution in [1.29, 1.82) is 0 Å². The van der Waals surface area contributed by atoms with E-state index in [1.807, 2.05) is 0 Å². The fourth-order valence-electron chi connectivity index (χ4n) is 2.85. The number of nitrogens with zero attached hydrogens (tertiary/aromatic N) is 3. The fourth-order valence-corrected chi connectivity index (χ4v) is 2.85. The van der Waals surface area contributed by atoms with Crippen molar-refractivity contribution in [3.63, 3.8) is 0 Å². The highest BCUT2D eigenvalue weighted by molar-refractivity contribution is 5.99. The van der Waals surface area contributed by atoms with Crippen LogP contribution in [0.15, 0.2) is 41.3 Å². The fraction of sp³-hybridized carbons (Fsp3) is 0.368. The second-order valence-corrected chi connectivity index (χ2v) is 6.20. The number of rotatable bonds is 5. The Morgan fingerprint density at radius 1 is 1.14 bits per heavy atom. The topological polar surface area (TPSA) is 105 Å². The quantitative estimate of drug-likeness (QED) is 0.835. The Morgan fingerprint density at radius 3 is 2.54 bits per heavy atom. The number of ether oxygens (including phenoxy) is 1. The molecule has 3 rings (SSSR count). The van der Waals surface area contributed by atoms with Gasteiger partial charge in [-0.15, -0.1) is 0 Å². The van der Waals surface area contributed by atoms with E-state index in [4.69, 9.17) is 9.15 Å². The highest BCUT2D eigenvalue weighted by atomic mass is 16.6. The Morgan fingerprint density at radius 2 is 1.86 bits per heavy atom. The summed E-state index contributed by atoms with van der Waals surface area (Å²) in [6.07, 6.45) is 4.01. The standard InChI is InChI=1S/C19H22N4O5/c1-2-27-19(26)23-7-5-22(6-8-23)18(25)15-10-14(11-20-12-15)17(24)21-13-16-4-3-9-28-16/h3-4,9-12H,2,5-8,13H2,1H3,(H,21,24). The summed E-state index contributed by atoms with van der Waals surface area (Å²) in [7, 11) is 0. The maximum atomic E-state index is 12.7. The number of hydrogen-bond acceptors (Lipinski definition) is 6. The van der Waals surface area contributed by atoms with E-state index in [2.05, 4.69) is 10.3 Å². The molecule has 1 fully saturated rings. The number of nitrogens with one attached hydrogen (secondary N) is 1. The van der Waals surface area contributed by atoms with Gasteiger partial charge in [0.25, 0.3) is 11.8 Å². The molecule has 148 valence electrons. The summed E-state index contributed by atoms with van der Waals surface area (Å²) >= 11 is 0. The minimum atomic E-state index is -0.369. The maximum absolute atomic E-state index is 12.7. The van der Waals surface area contributed by atoms with Crippen LogP contribution < -0.4 is 5.32 Å². The maximum Gasteiger partial charge on any atom is 0.409 e. The van der Waals surface area contributed by atoms with Crippen molar-refractivity contribution in [2.45, 2.75) is 13.5 Å². The molecular weight excluding hydrogens is 364 g/mol. The van der Waals surface area contributed by atoms with Gasteiger partial charge in [-0.25, -0.2) is 4.79 Å². The van der Waals surface area contributed by atoms with Crippen molar-refractivity contribution >= 4 is 17.9 Å². The lowest BCUT2D eigenvalue weighted by atomic mass is 10.1. The molecule has 1 N–H and O–H groups in total. The molecule has 28 heavy (non-hydrogen) atoms. The van der Waals surface area contributed by atoms with E-state index < -0.39 is 0 Å². The van der Waals surface area contributed by atoms with Crippen LogP contribution in [0.2, 0.25) is 0 Å². The minimum absolute atomic E-state index is 0.225. The molecule has 1 saturated heterocycles. The number of amides is 3. The molecular formula is C19H22N4O5. The number of furan rings is 1. The first kappa shape index (κ1) is 19.4. The van der Waals surface area contributed by atoms with Crippen LogP contribution in [-0.2, 0) is 11.3 Å². The Balaban J connectivity index is 1.58. The predicted octanol–water partition coefficient (Wildman–Crippen LogP) is 1.52. The van der Waals surface area contributed by atoms with Gasteiger partial charge in [0.05, 0.1) is 30.5 Å². The molecule has 0 bridgehead atoms. The molecule has 0 unspecified atom stereocenters. The van der Waals surface area contributed by atoms with E-state index in [9.17, 15) is 14.4 Å². The van der Waals surface area contributed by atoms with Crippen LogP contribution in [0.5, 0.6) is 0 Å². The lowest BCUT2D eigenvalue weighted by Gasteiger charge is -2.34. The summed E-state index contributed by atoms with van der Waals surface area (Å²) in [6, 6.07) is 5.02. The average Bonchev–Trinajstić information content (AvgIpc) is 3.25. The molecule has 0 saturated carbocycles. The Kier molecular flexibility index (Phi) is 6.25. The van der Waals surface area contributed by atoms with E-state index in [-0.39, 0.29) is 24.5 Å². The van der Waals surface area contributed by atoms with Crippen molar-refractivity contribution in [3.05, 3.63) is 53.7 Å². The Bertz CT molecular complexity index is 829. The second-order valence-electron chi connectivity index (χ2n) is 6.20.